The number of aromatic nitrogens is 3. The molecule has 2 aromatic rings. The standard InChI is InChI=1S/C13H17ClN4O/c1-9-6-10(16-19-9)11-4-3-5-18(11)8-13-15-7-12(14)17(13)2/h6-7,11H,3-5,8H2,1-2H3. The molecule has 1 fully saturated rings. The van der Waals surface area contributed by atoms with Crippen LogP contribution in [0.15, 0.2) is 16.8 Å². The van der Waals surface area contributed by atoms with Crippen molar-refractivity contribution in [2.45, 2.75) is 32.4 Å². The van der Waals surface area contributed by atoms with Gasteiger partial charge in [0.25, 0.3) is 0 Å². The average molecular weight is 281 g/mol. The summed E-state index contributed by atoms with van der Waals surface area (Å²) in [7, 11) is 1.94. The molecule has 1 aliphatic rings. The van der Waals surface area contributed by atoms with Crippen LogP contribution in [0.25, 0.3) is 0 Å². The topological polar surface area (TPSA) is 47.1 Å². The van der Waals surface area contributed by atoms with Gasteiger partial charge in [0, 0.05) is 13.1 Å². The Morgan fingerprint density at radius 1 is 1.53 bits per heavy atom. The maximum Gasteiger partial charge on any atom is 0.133 e. The van der Waals surface area contributed by atoms with E-state index in [1.807, 2.05) is 24.6 Å². The summed E-state index contributed by atoms with van der Waals surface area (Å²) in [5.41, 5.74) is 1.02. The Bertz CT molecular complexity index is 577. The fourth-order valence-corrected chi connectivity index (χ4v) is 2.79. The molecule has 0 aromatic carbocycles. The second-order valence-corrected chi connectivity index (χ2v) is 5.43. The zero-order valence-corrected chi connectivity index (χ0v) is 11.9. The zero-order valence-electron chi connectivity index (χ0n) is 11.1. The summed E-state index contributed by atoms with van der Waals surface area (Å²) >= 11 is 6.03. The predicted molar refractivity (Wildman–Crippen MR) is 71.8 cm³/mol. The molecule has 0 amide bonds. The van der Waals surface area contributed by atoms with Crippen molar-refractivity contribution in [1.29, 1.82) is 0 Å². The normalized spacial score (nSPS) is 20.3. The SMILES string of the molecule is Cc1cc(C2CCCN2Cc2ncc(Cl)n2C)no1. The van der Waals surface area contributed by atoms with E-state index in [0.717, 1.165) is 36.8 Å². The van der Waals surface area contributed by atoms with Crippen LogP contribution in [0.3, 0.4) is 0 Å². The molecule has 0 spiro atoms. The summed E-state index contributed by atoms with van der Waals surface area (Å²) < 4.78 is 7.11. The van der Waals surface area contributed by atoms with Crippen LogP contribution in [0.4, 0.5) is 0 Å². The van der Waals surface area contributed by atoms with E-state index < -0.39 is 0 Å². The third kappa shape index (κ3) is 2.40. The van der Waals surface area contributed by atoms with Crippen molar-refractivity contribution < 1.29 is 4.52 Å². The minimum Gasteiger partial charge on any atom is -0.361 e. The molecule has 3 rings (SSSR count). The summed E-state index contributed by atoms with van der Waals surface area (Å²) in [6.45, 7) is 3.77. The molecule has 6 heteroatoms. The quantitative estimate of drug-likeness (QED) is 0.867. The molecule has 5 nitrogen and oxygen atoms in total. The highest BCUT2D eigenvalue weighted by molar-refractivity contribution is 6.29. The fourth-order valence-electron chi connectivity index (χ4n) is 2.65. The maximum absolute atomic E-state index is 6.03. The summed E-state index contributed by atoms with van der Waals surface area (Å²) in [4.78, 5) is 6.74. The summed E-state index contributed by atoms with van der Waals surface area (Å²) in [5.74, 6) is 1.85. The Morgan fingerprint density at radius 3 is 3.00 bits per heavy atom. The van der Waals surface area contributed by atoms with Crippen molar-refractivity contribution >= 4 is 11.6 Å². The lowest BCUT2D eigenvalue weighted by Crippen LogP contribution is -2.24. The number of nitrogens with zero attached hydrogens (tertiary/aromatic N) is 4. The molecule has 2 aromatic heterocycles. The van der Waals surface area contributed by atoms with Crippen LogP contribution in [0.2, 0.25) is 5.15 Å². The first-order chi connectivity index (χ1) is 9.15. The summed E-state index contributed by atoms with van der Waals surface area (Å²) in [6, 6.07) is 2.35. The Kier molecular flexibility index (Phi) is 3.33. The Balaban J connectivity index is 1.78. The van der Waals surface area contributed by atoms with Gasteiger partial charge >= 0.3 is 0 Å². The maximum atomic E-state index is 6.03. The van der Waals surface area contributed by atoms with E-state index in [-0.39, 0.29) is 0 Å². The number of hydrogen-bond donors (Lipinski definition) is 0. The number of imidazole rings is 1. The number of rotatable bonds is 3. The van der Waals surface area contributed by atoms with Crippen molar-refractivity contribution in [3.05, 3.63) is 34.7 Å². The number of likely N-dealkylation sites (tertiary alicyclic amines) is 1. The molecule has 0 N–H and O–H groups in total. The van der Waals surface area contributed by atoms with E-state index in [1.54, 1.807) is 6.20 Å². The predicted octanol–water partition coefficient (Wildman–Crippen LogP) is 2.71. The van der Waals surface area contributed by atoms with Crippen LogP contribution in [0.1, 0.15) is 36.2 Å². The molecular weight excluding hydrogens is 264 g/mol. The molecule has 0 bridgehead atoms. The molecule has 1 unspecified atom stereocenters. The number of aryl methyl sites for hydroxylation is 1. The molecule has 1 saturated heterocycles. The lowest BCUT2D eigenvalue weighted by molar-refractivity contribution is 0.229. The highest BCUT2D eigenvalue weighted by Gasteiger charge is 2.29. The zero-order chi connectivity index (χ0) is 13.4. The van der Waals surface area contributed by atoms with Gasteiger partial charge in [0.05, 0.1) is 18.8 Å². The van der Waals surface area contributed by atoms with Crippen LogP contribution in [0.5, 0.6) is 0 Å². The van der Waals surface area contributed by atoms with Crippen LogP contribution in [0, 0.1) is 6.92 Å². The highest BCUT2D eigenvalue weighted by Crippen LogP contribution is 2.32. The summed E-state index contributed by atoms with van der Waals surface area (Å²) in [5, 5.41) is 4.82. The third-order valence-electron chi connectivity index (χ3n) is 3.72. The van der Waals surface area contributed by atoms with E-state index in [0.29, 0.717) is 11.2 Å². The van der Waals surface area contributed by atoms with E-state index >= 15 is 0 Å². The van der Waals surface area contributed by atoms with Gasteiger partial charge < -0.3 is 9.09 Å². The van der Waals surface area contributed by atoms with Gasteiger partial charge in [0.1, 0.15) is 22.4 Å². The van der Waals surface area contributed by atoms with Crippen molar-refractivity contribution in [3.8, 4) is 0 Å². The van der Waals surface area contributed by atoms with Gasteiger partial charge in [-0.15, -0.1) is 0 Å². The minimum absolute atomic E-state index is 0.327. The minimum atomic E-state index is 0.327. The summed E-state index contributed by atoms with van der Waals surface area (Å²) in [6.07, 6.45) is 3.99. The van der Waals surface area contributed by atoms with Crippen LogP contribution in [-0.4, -0.2) is 26.2 Å². The van der Waals surface area contributed by atoms with Gasteiger partial charge in [-0.25, -0.2) is 4.98 Å². The molecule has 102 valence electrons. The van der Waals surface area contributed by atoms with Gasteiger partial charge in [-0.3, -0.25) is 4.90 Å². The fraction of sp³-hybridized carbons (Fsp3) is 0.538. The first kappa shape index (κ1) is 12.7. The lowest BCUT2D eigenvalue weighted by atomic mass is 10.1. The molecule has 0 saturated carbocycles. The van der Waals surface area contributed by atoms with E-state index in [9.17, 15) is 0 Å². The largest absolute Gasteiger partial charge is 0.361 e. The molecule has 0 radical (unpaired) electrons. The Morgan fingerprint density at radius 2 is 2.37 bits per heavy atom. The Labute approximate surface area is 117 Å². The van der Waals surface area contributed by atoms with E-state index in [4.69, 9.17) is 16.1 Å². The molecule has 1 aliphatic heterocycles. The van der Waals surface area contributed by atoms with Crippen LogP contribution in [-0.2, 0) is 13.6 Å². The van der Waals surface area contributed by atoms with Gasteiger partial charge in [-0.05, 0) is 26.3 Å². The molecule has 19 heavy (non-hydrogen) atoms. The van der Waals surface area contributed by atoms with Crippen molar-refractivity contribution in [2.24, 2.45) is 7.05 Å². The van der Waals surface area contributed by atoms with Gasteiger partial charge in [-0.1, -0.05) is 16.8 Å². The Hall–Kier alpha value is -1.33. The van der Waals surface area contributed by atoms with Gasteiger partial charge in [-0.2, -0.15) is 0 Å². The molecular formula is C13H17ClN4O. The number of hydrogen-bond acceptors (Lipinski definition) is 4. The average Bonchev–Trinajstić information content (AvgIpc) is 3.07. The van der Waals surface area contributed by atoms with E-state index in [2.05, 4.69) is 15.0 Å². The second kappa shape index (κ2) is 4.98. The lowest BCUT2D eigenvalue weighted by Gasteiger charge is -2.22. The third-order valence-corrected chi connectivity index (χ3v) is 4.07. The van der Waals surface area contributed by atoms with Crippen LogP contribution >= 0.6 is 11.6 Å². The van der Waals surface area contributed by atoms with Crippen molar-refractivity contribution in [3.63, 3.8) is 0 Å². The van der Waals surface area contributed by atoms with Crippen molar-refractivity contribution in [1.82, 2.24) is 19.6 Å². The second-order valence-electron chi connectivity index (χ2n) is 5.05. The molecule has 3 heterocycles. The molecule has 1 atom stereocenters. The first-order valence-electron chi connectivity index (χ1n) is 6.48. The van der Waals surface area contributed by atoms with Gasteiger partial charge in [0.2, 0.25) is 0 Å². The highest BCUT2D eigenvalue weighted by atomic mass is 35.5. The van der Waals surface area contributed by atoms with Gasteiger partial charge in [0.15, 0.2) is 0 Å². The van der Waals surface area contributed by atoms with E-state index in [1.165, 1.54) is 6.42 Å². The van der Waals surface area contributed by atoms with Crippen molar-refractivity contribution in [2.75, 3.05) is 6.54 Å². The van der Waals surface area contributed by atoms with Crippen LogP contribution < -0.4 is 0 Å². The smallest absolute Gasteiger partial charge is 0.133 e. The molecule has 0 aliphatic carbocycles. The monoisotopic (exact) mass is 280 g/mol. The first-order valence-corrected chi connectivity index (χ1v) is 6.86. The number of halogens is 1.